The van der Waals surface area contributed by atoms with Crippen LogP contribution in [-0.2, 0) is 0 Å². The van der Waals surface area contributed by atoms with E-state index in [2.05, 4.69) is 15.3 Å². The average Bonchev–Trinajstić information content (AvgIpc) is 2.67. The van der Waals surface area contributed by atoms with Crippen LogP contribution < -0.4 is 0 Å². The summed E-state index contributed by atoms with van der Waals surface area (Å²) in [6, 6.07) is 3.63. The lowest BCUT2D eigenvalue weighted by atomic mass is 10.2. The number of nitrogens with zero attached hydrogens (tertiary/aromatic N) is 4. The van der Waals surface area contributed by atoms with E-state index in [0.717, 1.165) is 11.3 Å². The minimum absolute atomic E-state index is 0.701. The van der Waals surface area contributed by atoms with Gasteiger partial charge in [0.15, 0.2) is 4.96 Å². The van der Waals surface area contributed by atoms with E-state index in [9.17, 15) is 0 Å². The summed E-state index contributed by atoms with van der Waals surface area (Å²) in [5.41, 5.74) is 1.69. The molecular weight excluding hydrogens is 223 g/mol. The molecule has 4 nitrogen and oxygen atoms in total. The van der Waals surface area contributed by atoms with Gasteiger partial charge in [0.25, 0.3) is 0 Å². The van der Waals surface area contributed by atoms with Crippen molar-refractivity contribution in [2.75, 3.05) is 0 Å². The van der Waals surface area contributed by atoms with Gasteiger partial charge in [0.1, 0.15) is 0 Å². The topological polar surface area (TPSA) is 43.6 Å². The van der Waals surface area contributed by atoms with Crippen LogP contribution in [0.2, 0.25) is 0 Å². The predicted molar refractivity (Wildman–Crippen MR) is 54.0 cm³/mol. The Hall–Kier alpha value is -1.13. The molecule has 0 aromatic carbocycles. The monoisotopic (exact) mass is 228 g/mol. The number of hydrogen-bond acceptors (Lipinski definition) is 3. The van der Waals surface area contributed by atoms with Gasteiger partial charge in [-0.1, -0.05) is 23.2 Å². The van der Waals surface area contributed by atoms with Crippen LogP contribution in [0.25, 0.3) is 11.3 Å². The number of hydrogen-bond donors (Lipinski definition) is 0. The standard InChI is InChI=1S/C8H6Cl2N4/c9-8(10)14-7(2-4-13-14)6-1-3-11-12-5-6/h1-5,8H. The SMILES string of the molecule is ClC(Cl)n1nccc1-c1ccnnc1. The van der Waals surface area contributed by atoms with Gasteiger partial charge in [-0.2, -0.15) is 15.3 Å². The Morgan fingerprint density at radius 1 is 1.14 bits per heavy atom. The van der Waals surface area contributed by atoms with Gasteiger partial charge >= 0.3 is 0 Å². The van der Waals surface area contributed by atoms with Crippen LogP contribution in [0.1, 0.15) is 4.96 Å². The average molecular weight is 229 g/mol. The first-order valence-corrected chi connectivity index (χ1v) is 4.75. The molecule has 0 radical (unpaired) electrons. The highest BCUT2D eigenvalue weighted by Crippen LogP contribution is 2.24. The molecule has 0 unspecified atom stereocenters. The van der Waals surface area contributed by atoms with Gasteiger partial charge in [-0.15, -0.1) is 0 Å². The van der Waals surface area contributed by atoms with Crippen molar-refractivity contribution >= 4 is 23.2 Å². The van der Waals surface area contributed by atoms with E-state index in [0.29, 0.717) is 0 Å². The summed E-state index contributed by atoms with van der Waals surface area (Å²) in [6.45, 7) is 0. The molecule has 0 aliphatic rings. The summed E-state index contributed by atoms with van der Waals surface area (Å²) in [4.78, 5) is -0.701. The van der Waals surface area contributed by atoms with E-state index in [1.165, 1.54) is 4.68 Å². The van der Waals surface area contributed by atoms with Gasteiger partial charge in [-0.25, -0.2) is 4.68 Å². The molecule has 0 N–H and O–H groups in total. The van der Waals surface area contributed by atoms with Crippen molar-refractivity contribution in [1.82, 2.24) is 20.0 Å². The van der Waals surface area contributed by atoms with Crippen LogP contribution >= 0.6 is 23.2 Å². The van der Waals surface area contributed by atoms with E-state index in [1.807, 2.05) is 12.1 Å². The van der Waals surface area contributed by atoms with Gasteiger partial charge in [-0.05, 0) is 12.1 Å². The Morgan fingerprint density at radius 3 is 2.64 bits per heavy atom. The Morgan fingerprint density at radius 2 is 2.00 bits per heavy atom. The molecule has 14 heavy (non-hydrogen) atoms. The van der Waals surface area contributed by atoms with E-state index in [4.69, 9.17) is 23.2 Å². The summed E-state index contributed by atoms with van der Waals surface area (Å²) in [5, 5.41) is 11.4. The first kappa shape index (κ1) is 9.43. The van der Waals surface area contributed by atoms with Crippen molar-refractivity contribution in [3.05, 3.63) is 30.7 Å². The maximum Gasteiger partial charge on any atom is 0.199 e. The Kier molecular flexibility index (Phi) is 2.65. The Balaban J connectivity index is 2.47. The van der Waals surface area contributed by atoms with Crippen molar-refractivity contribution in [3.8, 4) is 11.3 Å². The molecule has 0 atom stereocenters. The van der Waals surface area contributed by atoms with Gasteiger partial charge in [-0.3, -0.25) is 0 Å². The van der Waals surface area contributed by atoms with Gasteiger partial charge < -0.3 is 0 Å². The van der Waals surface area contributed by atoms with Crippen molar-refractivity contribution in [2.24, 2.45) is 0 Å². The van der Waals surface area contributed by atoms with E-state index in [-0.39, 0.29) is 0 Å². The van der Waals surface area contributed by atoms with Crippen LogP contribution in [0, 0.1) is 0 Å². The molecule has 0 aliphatic carbocycles. The molecular formula is C8H6Cl2N4. The fourth-order valence-electron chi connectivity index (χ4n) is 1.14. The van der Waals surface area contributed by atoms with Crippen LogP contribution in [0.15, 0.2) is 30.7 Å². The molecule has 0 saturated heterocycles. The van der Waals surface area contributed by atoms with Gasteiger partial charge in [0.2, 0.25) is 0 Å². The van der Waals surface area contributed by atoms with Crippen molar-refractivity contribution < 1.29 is 0 Å². The zero-order chi connectivity index (χ0) is 9.97. The fraction of sp³-hybridized carbons (Fsp3) is 0.125. The molecule has 2 rings (SSSR count). The molecule has 0 spiro atoms. The van der Waals surface area contributed by atoms with Gasteiger partial charge in [0.05, 0.1) is 18.1 Å². The Bertz CT molecular complexity index is 412. The second-order valence-electron chi connectivity index (χ2n) is 2.57. The first-order chi connectivity index (χ1) is 6.79. The molecule has 0 bridgehead atoms. The van der Waals surface area contributed by atoms with Crippen LogP contribution in [0.3, 0.4) is 0 Å². The summed E-state index contributed by atoms with van der Waals surface area (Å²) in [6.07, 6.45) is 4.86. The predicted octanol–water partition coefficient (Wildman–Crippen LogP) is 2.27. The Labute approximate surface area is 90.5 Å². The minimum atomic E-state index is -0.701. The maximum absolute atomic E-state index is 5.73. The normalized spacial score (nSPS) is 10.8. The molecule has 0 saturated carbocycles. The van der Waals surface area contributed by atoms with Crippen LogP contribution in [0.4, 0.5) is 0 Å². The van der Waals surface area contributed by atoms with Crippen molar-refractivity contribution in [1.29, 1.82) is 0 Å². The van der Waals surface area contributed by atoms with Crippen molar-refractivity contribution in [2.45, 2.75) is 4.96 Å². The molecule has 2 aromatic heterocycles. The summed E-state index contributed by atoms with van der Waals surface area (Å²) < 4.78 is 1.50. The van der Waals surface area contributed by atoms with E-state index in [1.54, 1.807) is 18.6 Å². The van der Waals surface area contributed by atoms with E-state index >= 15 is 0 Å². The lowest BCUT2D eigenvalue weighted by Crippen LogP contribution is -2.00. The molecule has 2 heterocycles. The van der Waals surface area contributed by atoms with Gasteiger partial charge in [0, 0.05) is 11.8 Å². The second kappa shape index (κ2) is 3.94. The largest absolute Gasteiger partial charge is 0.232 e. The highest BCUT2D eigenvalue weighted by atomic mass is 35.5. The highest BCUT2D eigenvalue weighted by molar-refractivity contribution is 6.42. The molecule has 72 valence electrons. The third-order valence-corrected chi connectivity index (χ3v) is 2.10. The molecule has 0 fully saturated rings. The third-order valence-electron chi connectivity index (χ3n) is 1.74. The molecule has 0 aliphatic heterocycles. The summed E-state index contributed by atoms with van der Waals surface area (Å²) >= 11 is 11.5. The van der Waals surface area contributed by atoms with E-state index < -0.39 is 4.96 Å². The number of alkyl halides is 2. The number of aromatic nitrogens is 4. The second-order valence-corrected chi connectivity index (χ2v) is 3.62. The van der Waals surface area contributed by atoms with Crippen molar-refractivity contribution in [3.63, 3.8) is 0 Å². The zero-order valence-corrected chi connectivity index (χ0v) is 8.52. The number of rotatable bonds is 2. The lowest BCUT2D eigenvalue weighted by molar-refractivity contribution is 0.730. The number of halogens is 2. The zero-order valence-electron chi connectivity index (χ0n) is 7.01. The summed E-state index contributed by atoms with van der Waals surface area (Å²) in [7, 11) is 0. The third kappa shape index (κ3) is 1.71. The quantitative estimate of drug-likeness (QED) is 0.742. The lowest BCUT2D eigenvalue weighted by Gasteiger charge is -2.06. The van der Waals surface area contributed by atoms with Crippen LogP contribution in [-0.4, -0.2) is 20.0 Å². The maximum atomic E-state index is 5.73. The highest BCUT2D eigenvalue weighted by Gasteiger charge is 2.10. The fourth-order valence-corrected chi connectivity index (χ4v) is 1.45. The molecule has 6 heteroatoms. The molecule has 0 amide bonds. The minimum Gasteiger partial charge on any atom is -0.232 e. The van der Waals surface area contributed by atoms with Crippen LogP contribution in [0.5, 0.6) is 0 Å². The smallest absolute Gasteiger partial charge is 0.199 e. The first-order valence-electron chi connectivity index (χ1n) is 3.88. The summed E-state index contributed by atoms with van der Waals surface area (Å²) in [5.74, 6) is 0. The molecule has 2 aromatic rings.